The van der Waals surface area contributed by atoms with Crippen LogP contribution in [-0.4, -0.2) is 21.3 Å². The molecule has 0 aliphatic rings. The third-order valence-corrected chi connectivity index (χ3v) is 4.52. The van der Waals surface area contributed by atoms with Gasteiger partial charge < -0.3 is 14.8 Å². The van der Waals surface area contributed by atoms with Crippen LogP contribution in [0.3, 0.4) is 0 Å². The minimum absolute atomic E-state index is 0.0118. The molecule has 0 saturated carbocycles. The second-order valence-corrected chi connectivity index (χ2v) is 6.27. The number of halogens is 2. The van der Waals surface area contributed by atoms with E-state index in [-0.39, 0.29) is 6.04 Å². The van der Waals surface area contributed by atoms with E-state index in [4.69, 9.17) is 9.47 Å². The molecular weight excluding hydrogens is 398 g/mol. The van der Waals surface area contributed by atoms with Crippen LogP contribution in [0.1, 0.15) is 17.2 Å². The molecule has 0 saturated heterocycles. The number of methoxy groups -OCH3 is 2. The SMILES string of the molecule is CNC(c1cc(Br)ccc1Br)c1ccc(OC)cc1OC. The van der Waals surface area contributed by atoms with Gasteiger partial charge in [-0.2, -0.15) is 0 Å². The van der Waals surface area contributed by atoms with Crippen LogP contribution < -0.4 is 14.8 Å². The lowest BCUT2D eigenvalue weighted by atomic mass is 9.98. The largest absolute Gasteiger partial charge is 0.497 e. The van der Waals surface area contributed by atoms with Crippen LogP contribution in [0.25, 0.3) is 0 Å². The van der Waals surface area contributed by atoms with Crippen LogP contribution in [0.4, 0.5) is 0 Å². The van der Waals surface area contributed by atoms with Crippen molar-refractivity contribution in [1.82, 2.24) is 5.32 Å². The summed E-state index contributed by atoms with van der Waals surface area (Å²) in [6.45, 7) is 0. The molecule has 0 bridgehead atoms. The zero-order valence-corrected chi connectivity index (χ0v) is 15.3. The van der Waals surface area contributed by atoms with Crippen molar-refractivity contribution in [1.29, 1.82) is 0 Å². The van der Waals surface area contributed by atoms with Crippen molar-refractivity contribution in [3.8, 4) is 11.5 Å². The number of benzene rings is 2. The molecule has 2 aromatic carbocycles. The van der Waals surface area contributed by atoms with Crippen molar-refractivity contribution in [3.63, 3.8) is 0 Å². The minimum atomic E-state index is 0.0118. The van der Waals surface area contributed by atoms with Crippen LogP contribution in [0, 0.1) is 0 Å². The van der Waals surface area contributed by atoms with E-state index < -0.39 is 0 Å². The van der Waals surface area contributed by atoms with Gasteiger partial charge in [0.15, 0.2) is 0 Å². The molecule has 0 aliphatic carbocycles. The van der Waals surface area contributed by atoms with Gasteiger partial charge in [-0.1, -0.05) is 31.9 Å². The number of hydrogen-bond donors (Lipinski definition) is 1. The maximum absolute atomic E-state index is 5.52. The molecule has 0 heterocycles. The van der Waals surface area contributed by atoms with Gasteiger partial charge in [-0.3, -0.25) is 0 Å². The maximum Gasteiger partial charge on any atom is 0.127 e. The van der Waals surface area contributed by atoms with E-state index in [2.05, 4.69) is 43.2 Å². The van der Waals surface area contributed by atoms with E-state index in [1.54, 1.807) is 14.2 Å². The van der Waals surface area contributed by atoms with E-state index in [1.165, 1.54) is 0 Å². The fourth-order valence-electron chi connectivity index (χ4n) is 2.27. The van der Waals surface area contributed by atoms with Crippen LogP contribution in [0.5, 0.6) is 11.5 Å². The molecule has 0 aliphatic heterocycles. The second-order valence-electron chi connectivity index (χ2n) is 4.50. The van der Waals surface area contributed by atoms with Gasteiger partial charge in [-0.15, -0.1) is 0 Å². The number of nitrogens with one attached hydrogen (secondary N) is 1. The summed E-state index contributed by atoms with van der Waals surface area (Å²) in [5.74, 6) is 1.57. The van der Waals surface area contributed by atoms with Crippen molar-refractivity contribution in [2.75, 3.05) is 21.3 Å². The molecule has 0 radical (unpaired) electrons. The summed E-state index contributed by atoms with van der Waals surface area (Å²) in [6.07, 6.45) is 0. The molecular formula is C16H17Br2NO2. The van der Waals surface area contributed by atoms with E-state index >= 15 is 0 Å². The lowest BCUT2D eigenvalue weighted by molar-refractivity contribution is 0.388. The third kappa shape index (κ3) is 3.59. The Bertz CT molecular complexity index is 632. The normalized spacial score (nSPS) is 12.0. The van der Waals surface area contributed by atoms with Gasteiger partial charge in [-0.05, 0) is 42.9 Å². The van der Waals surface area contributed by atoms with Gasteiger partial charge in [0.1, 0.15) is 11.5 Å². The Labute approximate surface area is 141 Å². The standard InChI is InChI=1S/C16H17Br2NO2/c1-19-16(13-8-10(17)4-7-14(13)18)12-6-5-11(20-2)9-15(12)21-3/h4-9,16,19H,1-3H3. The molecule has 0 aromatic heterocycles. The number of rotatable bonds is 5. The lowest BCUT2D eigenvalue weighted by Gasteiger charge is -2.22. The van der Waals surface area contributed by atoms with Crippen molar-refractivity contribution in [2.45, 2.75) is 6.04 Å². The molecule has 2 rings (SSSR count). The zero-order chi connectivity index (χ0) is 15.4. The Morgan fingerprint density at radius 3 is 2.33 bits per heavy atom. The van der Waals surface area contributed by atoms with E-state index in [0.29, 0.717) is 0 Å². The van der Waals surface area contributed by atoms with Gasteiger partial charge >= 0.3 is 0 Å². The predicted molar refractivity (Wildman–Crippen MR) is 92.3 cm³/mol. The fourth-order valence-corrected chi connectivity index (χ4v) is 3.13. The monoisotopic (exact) mass is 413 g/mol. The number of ether oxygens (including phenoxy) is 2. The van der Waals surface area contributed by atoms with E-state index in [1.807, 2.05) is 37.4 Å². The highest BCUT2D eigenvalue weighted by molar-refractivity contribution is 9.11. The zero-order valence-electron chi connectivity index (χ0n) is 12.1. The number of hydrogen-bond acceptors (Lipinski definition) is 3. The smallest absolute Gasteiger partial charge is 0.127 e. The van der Waals surface area contributed by atoms with Crippen molar-refractivity contribution in [3.05, 3.63) is 56.5 Å². The van der Waals surface area contributed by atoms with Crippen LogP contribution >= 0.6 is 31.9 Å². The van der Waals surface area contributed by atoms with E-state index in [0.717, 1.165) is 31.6 Å². The van der Waals surface area contributed by atoms with Gasteiger partial charge in [0.05, 0.1) is 20.3 Å². The first-order valence-electron chi connectivity index (χ1n) is 6.44. The van der Waals surface area contributed by atoms with Gasteiger partial charge in [0.2, 0.25) is 0 Å². The first-order valence-corrected chi connectivity index (χ1v) is 8.03. The maximum atomic E-state index is 5.52. The average Bonchev–Trinajstić information content (AvgIpc) is 2.51. The third-order valence-electron chi connectivity index (χ3n) is 3.31. The fraction of sp³-hybridized carbons (Fsp3) is 0.250. The van der Waals surface area contributed by atoms with Crippen LogP contribution in [0.15, 0.2) is 45.3 Å². The Morgan fingerprint density at radius 1 is 0.952 bits per heavy atom. The summed E-state index contributed by atoms with van der Waals surface area (Å²) < 4.78 is 12.9. The summed E-state index contributed by atoms with van der Waals surface area (Å²) in [6, 6.07) is 12.0. The minimum Gasteiger partial charge on any atom is -0.497 e. The molecule has 0 amide bonds. The summed E-state index contributed by atoms with van der Waals surface area (Å²) in [5.41, 5.74) is 2.19. The molecule has 1 N–H and O–H groups in total. The molecule has 3 nitrogen and oxygen atoms in total. The molecule has 5 heteroatoms. The van der Waals surface area contributed by atoms with Crippen LogP contribution in [0.2, 0.25) is 0 Å². The molecule has 2 aromatic rings. The topological polar surface area (TPSA) is 30.5 Å². The summed E-state index contributed by atoms with van der Waals surface area (Å²) in [5, 5.41) is 3.34. The second kappa shape index (κ2) is 7.29. The van der Waals surface area contributed by atoms with Crippen LogP contribution in [-0.2, 0) is 0 Å². The molecule has 21 heavy (non-hydrogen) atoms. The highest BCUT2D eigenvalue weighted by Gasteiger charge is 2.19. The average molecular weight is 415 g/mol. The molecule has 1 atom stereocenters. The Hall–Kier alpha value is -1.04. The lowest BCUT2D eigenvalue weighted by Crippen LogP contribution is -2.19. The van der Waals surface area contributed by atoms with Crippen molar-refractivity contribution < 1.29 is 9.47 Å². The highest BCUT2D eigenvalue weighted by atomic mass is 79.9. The van der Waals surface area contributed by atoms with Gasteiger partial charge in [0, 0.05) is 20.6 Å². The van der Waals surface area contributed by atoms with Gasteiger partial charge in [-0.25, -0.2) is 0 Å². The molecule has 112 valence electrons. The Kier molecular flexibility index (Phi) is 5.67. The predicted octanol–water partition coefficient (Wildman–Crippen LogP) is 4.54. The summed E-state index contributed by atoms with van der Waals surface area (Å²) in [7, 11) is 5.25. The summed E-state index contributed by atoms with van der Waals surface area (Å²) in [4.78, 5) is 0. The highest BCUT2D eigenvalue weighted by Crippen LogP contribution is 2.36. The van der Waals surface area contributed by atoms with E-state index in [9.17, 15) is 0 Å². The summed E-state index contributed by atoms with van der Waals surface area (Å²) >= 11 is 7.14. The quantitative estimate of drug-likeness (QED) is 0.779. The Balaban J connectivity index is 2.53. The first kappa shape index (κ1) is 16.3. The molecule has 0 fully saturated rings. The molecule has 1 unspecified atom stereocenters. The van der Waals surface area contributed by atoms with Gasteiger partial charge in [0.25, 0.3) is 0 Å². The molecule has 0 spiro atoms. The van der Waals surface area contributed by atoms with Crippen molar-refractivity contribution in [2.24, 2.45) is 0 Å². The Morgan fingerprint density at radius 2 is 1.71 bits per heavy atom. The first-order chi connectivity index (χ1) is 10.1. The van der Waals surface area contributed by atoms with Crippen molar-refractivity contribution >= 4 is 31.9 Å².